The van der Waals surface area contributed by atoms with Gasteiger partial charge in [0.25, 0.3) is 0 Å². The lowest BCUT2D eigenvalue weighted by Gasteiger charge is -2.42. The summed E-state index contributed by atoms with van der Waals surface area (Å²) in [4.78, 5) is 33.3. The molecule has 2 aliphatic heterocycles. The van der Waals surface area contributed by atoms with Crippen molar-refractivity contribution in [3.63, 3.8) is 0 Å². The average Bonchev–Trinajstić information content (AvgIpc) is 2.72. The van der Waals surface area contributed by atoms with E-state index in [1.54, 1.807) is 12.4 Å². The van der Waals surface area contributed by atoms with Crippen molar-refractivity contribution in [3.8, 4) is 11.4 Å². The average molecular weight is 413 g/mol. The van der Waals surface area contributed by atoms with Gasteiger partial charge in [-0.2, -0.15) is 0 Å². The minimum absolute atomic E-state index is 0.0353. The molecule has 0 aliphatic carbocycles. The fraction of sp³-hybridized carbons (Fsp3) is 0.550. The van der Waals surface area contributed by atoms with Gasteiger partial charge in [0.15, 0.2) is 5.82 Å². The van der Waals surface area contributed by atoms with Gasteiger partial charge in [-0.15, -0.1) is 0 Å². The van der Waals surface area contributed by atoms with E-state index in [1.165, 1.54) is 4.90 Å². The molecule has 0 aromatic carbocycles. The van der Waals surface area contributed by atoms with Crippen molar-refractivity contribution < 1.29 is 14.6 Å². The Labute approximate surface area is 175 Å². The summed E-state index contributed by atoms with van der Waals surface area (Å²) in [6, 6.07) is 0. The molecular weight excluding hydrogens is 386 g/mol. The van der Waals surface area contributed by atoms with Crippen LogP contribution in [0.15, 0.2) is 12.4 Å². The van der Waals surface area contributed by atoms with Gasteiger partial charge in [0, 0.05) is 43.5 Å². The number of ether oxygens (including phenoxy) is 1. The molecule has 30 heavy (non-hydrogen) atoms. The van der Waals surface area contributed by atoms with Crippen LogP contribution < -0.4 is 10.6 Å². The van der Waals surface area contributed by atoms with E-state index in [0.717, 1.165) is 30.2 Å². The molecule has 3 N–H and O–H groups in total. The molecule has 4 heterocycles. The molecule has 2 aromatic rings. The van der Waals surface area contributed by atoms with Crippen molar-refractivity contribution in [2.75, 3.05) is 43.5 Å². The van der Waals surface area contributed by atoms with Gasteiger partial charge in [0.2, 0.25) is 5.95 Å². The van der Waals surface area contributed by atoms with E-state index < -0.39 is 6.09 Å². The van der Waals surface area contributed by atoms with Crippen LogP contribution in [0.1, 0.15) is 37.9 Å². The second-order valence-electron chi connectivity index (χ2n) is 8.74. The van der Waals surface area contributed by atoms with Gasteiger partial charge >= 0.3 is 6.09 Å². The highest BCUT2D eigenvalue weighted by atomic mass is 16.5. The van der Waals surface area contributed by atoms with Crippen LogP contribution in [0.25, 0.3) is 11.4 Å². The number of nitrogen functional groups attached to an aromatic ring is 1. The fourth-order valence-corrected chi connectivity index (χ4v) is 3.99. The maximum atomic E-state index is 11.8. The maximum Gasteiger partial charge on any atom is 0.407 e. The highest BCUT2D eigenvalue weighted by molar-refractivity contribution is 5.68. The Balaban J connectivity index is 1.90. The summed E-state index contributed by atoms with van der Waals surface area (Å²) in [5, 5.41) is 9.70. The topological polar surface area (TPSA) is 131 Å². The molecule has 2 aliphatic rings. The van der Waals surface area contributed by atoms with Crippen molar-refractivity contribution in [1.29, 1.82) is 0 Å². The summed E-state index contributed by atoms with van der Waals surface area (Å²) in [6.07, 6.45) is 2.23. The first-order chi connectivity index (χ1) is 14.2. The number of nitrogens with two attached hydrogens (primary N) is 1. The number of rotatable bonds is 2. The lowest BCUT2D eigenvalue weighted by molar-refractivity contribution is 0.117. The predicted octanol–water partition coefficient (Wildman–Crippen LogP) is 1.98. The monoisotopic (exact) mass is 413 g/mol. The van der Waals surface area contributed by atoms with E-state index in [4.69, 9.17) is 20.4 Å². The SMILES string of the molecule is CC(C)(C)C1CN(C(=O)O)Cc2nc(-c3cnc(N)nc3)nc(N3CCOCC3)c21. The predicted molar refractivity (Wildman–Crippen MR) is 111 cm³/mol. The van der Waals surface area contributed by atoms with Gasteiger partial charge in [-0.1, -0.05) is 20.8 Å². The van der Waals surface area contributed by atoms with Crippen molar-refractivity contribution in [3.05, 3.63) is 23.7 Å². The van der Waals surface area contributed by atoms with Gasteiger partial charge in [-0.3, -0.25) is 0 Å². The summed E-state index contributed by atoms with van der Waals surface area (Å²) < 4.78 is 5.53. The van der Waals surface area contributed by atoms with E-state index in [-0.39, 0.29) is 23.8 Å². The largest absolute Gasteiger partial charge is 0.465 e. The number of hydrogen-bond acceptors (Lipinski definition) is 8. The van der Waals surface area contributed by atoms with E-state index in [0.29, 0.717) is 31.1 Å². The minimum Gasteiger partial charge on any atom is -0.465 e. The van der Waals surface area contributed by atoms with E-state index >= 15 is 0 Å². The lowest BCUT2D eigenvalue weighted by atomic mass is 9.74. The fourth-order valence-electron chi connectivity index (χ4n) is 3.99. The van der Waals surface area contributed by atoms with Gasteiger partial charge in [-0.05, 0) is 5.41 Å². The number of aromatic nitrogens is 4. The second-order valence-corrected chi connectivity index (χ2v) is 8.74. The highest BCUT2D eigenvalue weighted by Gasteiger charge is 2.40. The van der Waals surface area contributed by atoms with Gasteiger partial charge in [0.05, 0.1) is 31.0 Å². The molecule has 160 valence electrons. The summed E-state index contributed by atoms with van der Waals surface area (Å²) in [5.41, 5.74) is 7.85. The van der Waals surface area contributed by atoms with Gasteiger partial charge in [0.1, 0.15) is 5.82 Å². The number of anilines is 2. The Morgan fingerprint density at radius 2 is 1.87 bits per heavy atom. The van der Waals surface area contributed by atoms with Crippen LogP contribution in [0.3, 0.4) is 0 Å². The summed E-state index contributed by atoms with van der Waals surface area (Å²) in [6.45, 7) is 9.70. The molecular formula is C20H27N7O3. The third-order valence-electron chi connectivity index (χ3n) is 5.65. The van der Waals surface area contributed by atoms with Crippen LogP contribution in [0.4, 0.5) is 16.6 Å². The number of amides is 1. The zero-order chi connectivity index (χ0) is 21.5. The quantitative estimate of drug-likeness (QED) is 0.758. The Kier molecular flexibility index (Phi) is 5.19. The maximum absolute atomic E-state index is 11.8. The van der Waals surface area contributed by atoms with E-state index in [1.807, 2.05) is 0 Å². The number of carbonyl (C=O) groups is 1. The molecule has 0 spiro atoms. The molecule has 0 bridgehead atoms. The van der Waals surface area contributed by atoms with Gasteiger partial charge < -0.3 is 25.4 Å². The van der Waals surface area contributed by atoms with Crippen molar-refractivity contribution in [2.24, 2.45) is 5.41 Å². The Morgan fingerprint density at radius 3 is 2.47 bits per heavy atom. The number of fused-ring (bicyclic) bond motifs is 1. The molecule has 10 heteroatoms. The molecule has 10 nitrogen and oxygen atoms in total. The van der Waals surface area contributed by atoms with Crippen molar-refractivity contribution in [1.82, 2.24) is 24.8 Å². The van der Waals surface area contributed by atoms with E-state index in [2.05, 4.69) is 35.6 Å². The molecule has 1 unspecified atom stereocenters. The third kappa shape index (κ3) is 3.87. The third-order valence-corrected chi connectivity index (χ3v) is 5.65. The lowest BCUT2D eigenvalue weighted by Crippen LogP contribution is -2.44. The minimum atomic E-state index is -0.946. The summed E-state index contributed by atoms with van der Waals surface area (Å²) >= 11 is 0. The van der Waals surface area contributed by atoms with Crippen LogP contribution in [0.2, 0.25) is 0 Å². The van der Waals surface area contributed by atoms with Crippen LogP contribution in [0.5, 0.6) is 0 Å². The molecule has 0 radical (unpaired) electrons. The summed E-state index contributed by atoms with van der Waals surface area (Å²) in [7, 11) is 0. The van der Waals surface area contributed by atoms with Gasteiger partial charge in [-0.25, -0.2) is 24.7 Å². The summed E-state index contributed by atoms with van der Waals surface area (Å²) in [5.74, 6) is 1.46. The molecule has 4 rings (SSSR count). The molecule has 1 saturated heterocycles. The standard InChI is InChI=1S/C20H27N7O3/c1-20(2,3)13-10-27(19(28)29)11-14-15(13)17(26-4-6-30-7-5-26)25-16(24-14)12-8-22-18(21)23-9-12/h8-9,13H,4-7,10-11H2,1-3H3,(H,28,29)(H2,21,22,23). The molecule has 2 aromatic heterocycles. The first-order valence-corrected chi connectivity index (χ1v) is 10.0. The van der Waals surface area contributed by atoms with Crippen LogP contribution in [-0.4, -0.2) is 68.9 Å². The van der Waals surface area contributed by atoms with Crippen LogP contribution >= 0.6 is 0 Å². The van der Waals surface area contributed by atoms with Crippen molar-refractivity contribution >= 4 is 17.9 Å². The number of carboxylic acid groups (broad SMARTS) is 1. The first-order valence-electron chi connectivity index (χ1n) is 10.0. The number of hydrogen-bond donors (Lipinski definition) is 2. The first kappa shape index (κ1) is 20.3. The molecule has 1 atom stereocenters. The molecule has 0 saturated carbocycles. The Hall–Kier alpha value is -3.01. The van der Waals surface area contributed by atoms with E-state index in [9.17, 15) is 9.90 Å². The van der Waals surface area contributed by atoms with Crippen LogP contribution in [0, 0.1) is 5.41 Å². The zero-order valence-electron chi connectivity index (χ0n) is 17.5. The Morgan fingerprint density at radius 1 is 1.20 bits per heavy atom. The molecule has 1 amide bonds. The number of nitrogens with zero attached hydrogens (tertiary/aromatic N) is 6. The normalized spacial score (nSPS) is 19.5. The van der Waals surface area contributed by atoms with Crippen LogP contribution in [-0.2, 0) is 11.3 Å². The smallest absolute Gasteiger partial charge is 0.407 e. The number of morpholine rings is 1. The highest BCUT2D eigenvalue weighted by Crippen LogP contribution is 2.44. The van der Waals surface area contributed by atoms with Crippen molar-refractivity contribution in [2.45, 2.75) is 33.2 Å². The zero-order valence-corrected chi connectivity index (χ0v) is 17.5. The molecule has 1 fully saturated rings. The second kappa shape index (κ2) is 7.67. The Bertz CT molecular complexity index is 937.